The van der Waals surface area contributed by atoms with Gasteiger partial charge in [-0.3, -0.25) is 14.5 Å². The summed E-state index contributed by atoms with van der Waals surface area (Å²) in [5, 5.41) is 11.3. The lowest BCUT2D eigenvalue weighted by atomic mass is 9.94. The van der Waals surface area contributed by atoms with E-state index in [-0.39, 0.29) is 11.3 Å². The SMILES string of the molecule is CCOc1ccc(/C(O)=C2/C(=O)C(=O)N(c3ccccc3C)C2c2ccccc2)cc1C. The smallest absolute Gasteiger partial charge is 0.300 e. The van der Waals surface area contributed by atoms with Gasteiger partial charge in [0.25, 0.3) is 11.7 Å². The van der Waals surface area contributed by atoms with Crippen LogP contribution >= 0.6 is 0 Å². The molecule has 1 amide bonds. The molecule has 1 fully saturated rings. The van der Waals surface area contributed by atoms with E-state index >= 15 is 0 Å². The quantitative estimate of drug-likeness (QED) is 0.340. The van der Waals surface area contributed by atoms with Gasteiger partial charge in [0, 0.05) is 11.3 Å². The fraction of sp³-hybridized carbons (Fsp3) is 0.185. The van der Waals surface area contributed by atoms with Gasteiger partial charge in [0.2, 0.25) is 0 Å². The molecule has 1 aliphatic rings. The van der Waals surface area contributed by atoms with Gasteiger partial charge in [-0.25, -0.2) is 0 Å². The van der Waals surface area contributed by atoms with E-state index < -0.39 is 17.7 Å². The minimum absolute atomic E-state index is 0.0769. The number of aryl methyl sites for hydroxylation is 2. The van der Waals surface area contributed by atoms with Gasteiger partial charge in [-0.05, 0) is 61.7 Å². The lowest BCUT2D eigenvalue weighted by molar-refractivity contribution is -0.132. The summed E-state index contributed by atoms with van der Waals surface area (Å²) in [7, 11) is 0. The molecule has 32 heavy (non-hydrogen) atoms. The summed E-state index contributed by atoms with van der Waals surface area (Å²) < 4.78 is 5.59. The van der Waals surface area contributed by atoms with E-state index in [1.54, 1.807) is 18.2 Å². The molecule has 0 aliphatic carbocycles. The molecule has 0 saturated carbocycles. The predicted octanol–water partition coefficient (Wildman–Crippen LogP) is 5.33. The number of ketones is 1. The van der Waals surface area contributed by atoms with Crippen LogP contribution in [0.5, 0.6) is 5.75 Å². The number of anilines is 1. The van der Waals surface area contributed by atoms with Crippen molar-refractivity contribution in [3.8, 4) is 5.75 Å². The van der Waals surface area contributed by atoms with Crippen LogP contribution in [0.1, 0.15) is 35.2 Å². The summed E-state index contributed by atoms with van der Waals surface area (Å²) >= 11 is 0. The van der Waals surface area contributed by atoms with Crippen LogP contribution in [0, 0.1) is 13.8 Å². The maximum atomic E-state index is 13.2. The first kappa shape index (κ1) is 21.4. The van der Waals surface area contributed by atoms with Crippen LogP contribution in [0.15, 0.2) is 78.4 Å². The van der Waals surface area contributed by atoms with Crippen molar-refractivity contribution in [3.05, 3.63) is 101 Å². The highest BCUT2D eigenvalue weighted by molar-refractivity contribution is 6.51. The lowest BCUT2D eigenvalue weighted by Gasteiger charge is -2.26. The highest BCUT2D eigenvalue weighted by atomic mass is 16.5. The zero-order valence-electron chi connectivity index (χ0n) is 18.3. The van der Waals surface area contributed by atoms with Gasteiger partial charge in [0.05, 0.1) is 18.2 Å². The first-order valence-electron chi connectivity index (χ1n) is 10.6. The number of hydrogen-bond donors (Lipinski definition) is 1. The third-order valence-electron chi connectivity index (χ3n) is 5.68. The average Bonchev–Trinajstić information content (AvgIpc) is 3.06. The fourth-order valence-electron chi connectivity index (χ4n) is 4.14. The molecule has 1 heterocycles. The second-order valence-corrected chi connectivity index (χ2v) is 7.78. The lowest BCUT2D eigenvalue weighted by Crippen LogP contribution is -2.30. The number of hydrogen-bond acceptors (Lipinski definition) is 4. The van der Waals surface area contributed by atoms with Crippen molar-refractivity contribution in [2.45, 2.75) is 26.8 Å². The van der Waals surface area contributed by atoms with Gasteiger partial charge in [0.15, 0.2) is 0 Å². The zero-order valence-corrected chi connectivity index (χ0v) is 18.3. The van der Waals surface area contributed by atoms with Gasteiger partial charge in [-0.15, -0.1) is 0 Å². The molecule has 1 N–H and O–H groups in total. The molecule has 162 valence electrons. The van der Waals surface area contributed by atoms with Gasteiger partial charge in [-0.1, -0.05) is 48.5 Å². The molecule has 1 atom stereocenters. The number of aliphatic hydroxyl groups excluding tert-OH is 1. The summed E-state index contributed by atoms with van der Waals surface area (Å²) in [6.07, 6.45) is 0. The largest absolute Gasteiger partial charge is 0.507 e. The topological polar surface area (TPSA) is 66.8 Å². The van der Waals surface area contributed by atoms with Crippen LogP contribution in [0.2, 0.25) is 0 Å². The average molecular weight is 428 g/mol. The Balaban J connectivity index is 1.92. The molecule has 1 aliphatic heterocycles. The summed E-state index contributed by atoms with van der Waals surface area (Å²) in [6, 6.07) is 21.2. The van der Waals surface area contributed by atoms with E-state index in [9.17, 15) is 14.7 Å². The van der Waals surface area contributed by atoms with E-state index in [1.165, 1.54) is 4.90 Å². The molecule has 3 aromatic rings. The molecule has 0 radical (unpaired) electrons. The van der Waals surface area contributed by atoms with Crippen LogP contribution < -0.4 is 9.64 Å². The number of ether oxygens (including phenoxy) is 1. The first-order valence-corrected chi connectivity index (χ1v) is 10.6. The summed E-state index contributed by atoms with van der Waals surface area (Å²) in [5.74, 6) is -0.841. The Hall–Kier alpha value is -3.86. The Bertz CT molecular complexity index is 1210. The molecule has 5 heteroatoms. The first-order chi connectivity index (χ1) is 15.4. The van der Waals surface area contributed by atoms with E-state index in [4.69, 9.17) is 4.74 Å². The minimum Gasteiger partial charge on any atom is -0.507 e. The van der Waals surface area contributed by atoms with Gasteiger partial charge in [-0.2, -0.15) is 0 Å². The number of amides is 1. The van der Waals surface area contributed by atoms with Crippen LogP contribution in [0.4, 0.5) is 5.69 Å². The molecule has 5 nitrogen and oxygen atoms in total. The Morgan fingerprint density at radius 2 is 1.62 bits per heavy atom. The van der Waals surface area contributed by atoms with Crippen molar-refractivity contribution in [1.82, 2.24) is 0 Å². The monoisotopic (exact) mass is 427 g/mol. The van der Waals surface area contributed by atoms with E-state index in [2.05, 4.69) is 0 Å². The molecule has 0 spiro atoms. The van der Waals surface area contributed by atoms with Crippen molar-refractivity contribution in [2.24, 2.45) is 0 Å². The van der Waals surface area contributed by atoms with Gasteiger partial charge < -0.3 is 9.84 Å². The Labute approximate surface area is 187 Å². The third-order valence-corrected chi connectivity index (χ3v) is 5.68. The normalized spacial score (nSPS) is 17.6. The third kappa shape index (κ3) is 3.66. The second kappa shape index (κ2) is 8.71. The molecule has 3 aromatic carbocycles. The van der Waals surface area contributed by atoms with Crippen LogP contribution in [-0.2, 0) is 9.59 Å². The number of Topliss-reactive ketones (excluding diaryl/α,β-unsaturated/α-hetero) is 1. The van der Waals surface area contributed by atoms with Crippen molar-refractivity contribution in [2.75, 3.05) is 11.5 Å². The number of aliphatic hydroxyl groups is 1. The maximum Gasteiger partial charge on any atom is 0.300 e. The minimum atomic E-state index is -0.732. The maximum absolute atomic E-state index is 13.2. The van der Waals surface area contributed by atoms with Crippen molar-refractivity contribution < 1.29 is 19.4 Å². The number of para-hydroxylation sites is 1. The Kier molecular flexibility index (Phi) is 5.82. The zero-order chi connectivity index (χ0) is 22.8. The summed E-state index contributed by atoms with van der Waals surface area (Å²) in [4.78, 5) is 27.9. The predicted molar refractivity (Wildman–Crippen MR) is 125 cm³/mol. The molecule has 0 bridgehead atoms. The van der Waals surface area contributed by atoms with Crippen LogP contribution in [0.25, 0.3) is 5.76 Å². The number of benzene rings is 3. The van der Waals surface area contributed by atoms with Crippen molar-refractivity contribution in [3.63, 3.8) is 0 Å². The fourth-order valence-corrected chi connectivity index (χ4v) is 4.14. The number of rotatable bonds is 5. The number of carbonyl (C=O) groups is 2. The molecule has 4 rings (SSSR count). The second-order valence-electron chi connectivity index (χ2n) is 7.78. The van der Waals surface area contributed by atoms with Crippen LogP contribution in [-0.4, -0.2) is 23.4 Å². The molecule has 1 saturated heterocycles. The van der Waals surface area contributed by atoms with E-state index in [0.717, 1.165) is 16.7 Å². The molecule has 0 aromatic heterocycles. The van der Waals surface area contributed by atoms with Gasteiger partial charge in [0.1, 0.15) is 11.5 Å². The molecule has 1 unspecified atom stereocenters. The molecular formula is C27H25NO4. The number of carbonyl (C=O) groups excluding carboxylic acids is 2. The van der Waals surface area contributed by atoms with Crippen molar-refractivity contribution >= 4 is 23.1 Å². The Morgan fingerprint density at radius 3 is 2.28 bits per heavy atom. The van der Waals surface area contributed by atoms with Gasteiger partial charge >= 0.3 is 0 Å². The number of nitrogens with zero attached hydrogens (tertiary/aromatic N) is 1. The highest BCUT2D eigenvalue weighted by Crippen LogP contribution is 2.43. The highest BCUT2D eigenvalue weighted by Gasteiger charge is 2.47. The van der Waals surface area contributed by atoms with E-state index in [1.807, 2.05) is 75.4 Å². The van der Waals surface area contributed by atoms with Crippen molar-refractivity contribution in [1.29, 1.82) is 0 Å². The Morgan fingerprint density at radius 1 is 0.938 bits per heavy atom. The van der Waals surface area contributed by atoms with E-state index in [0.29, 0.717) is 23.6 Å². The standard InChI is InChI=1S/C27H25NO4/c1-4-32-22-15-14-20(16-18(22)3)25(29)23-24(19-11-6-5-7-12-19)28(27(31)26(23)30)21-13-9-8-10-17(21)2/h5-16,24,29H,4H2,1-3H3/b25-23-. The summed E-state index contributed by atoms with van der Waals surface area (Å²) in [6.45, 7) is 6.21. The molecular weight excluding hydrogens is 402 g/mol. The van der Waals surface area contributed by atoms with Crippen LogP contribution in [0.3, 0.4) is 0 Å². The summed E-state index contributed by atoms with van der Waals surface area (Å²) in [5.41, 5.74) is 3.64.